The van der Waals surface area contributed by atoms with Crippen LogP contribution in [0.4, 0.5) is 5.69 Å². The number of hydrogen-bond donors (Lipinski definition) is 1. The average molecular weight is 656 g/mol. The number of aromatic nitrogens is 3. The summed E-state index contributed by atoms with van der Waals surface area (Å²) in [7, 11) is -3.66. The van der Waals surface area contributed by atoms with Crippen molar-refractivity contribution in [1.29, 1.82) is 0 Å². The summed E-state index contributed by atoms with van der Waals surface area (Å²) in [5, 5.41) is 12.0. The van der Waals surface area contributed by atoms with E-state index in [0.29, 0.717) is 54.0 Å². The van der Waals surface area contributed by atoms with Gasteiger partial charge < -0.3 is 14.6 Å². The maximum absolute atomic E-state index is 13.3. The zero-order valence-corrected chi connectivity index (χ0v) is 27.7. The number of benzene rings is 4. The summed E-state index contributed by atoms with van der Waals surface area (Å²) in [6, 6.07) is 33.6. The van der Waals surface area contributed by atoms with Gasteiger partial charge in [0.05, 0.1) is 10.1 Å². The minimum Gasteiger partial charge on any atom is -0.457 e. The van der Waals surface area contributed by atoms with E-state index in [9.17, 15) is 13.2 Å². The summed E-state index contributed by atoms with van der Waals surface area (Å²) < 4.78 is 35.8. The SMILES string of the molecule is CCN(CC)S(=O)(=O)c1cccc(-c2nnc(S[C@@H](C)C(=O)Nc3ccc(Oc4ccccc4)cc3)n2CCc2ccccc2)c1. The van der Waals surface area contributed by atoms with Gasteiger partial charge in [0.25, 0.3) is 0 Å². The molecule has 0 aliphatic carbocycles. The van der Waals surface area contributed by atoms with Gasteiger partial charge >= 0.3 is 0 Å². The molecule has 9 nitrogen and oxygen atoms in total. The first kappa shape index (κ1) is 32.9. The highest BCUT2D eigenvalue weighted by Crippen LogP contribution is 2.30. The first-order valence-electron chi connectivity index (χ1n) is 15.2. The quantitative estimate of drug-likeness (QED) is 0.127. The zero-order chi connectivity index (χ0) is 32.5. The summed E-state index contributed by atoms with van der Waals surface area (Å²) in [5.41, 5.74) is 2.42. The zero-order valence-electron chi connectivity index (χ0n) is 26.0. The van der Waals surface area contributed by atoms with E-state index in [0.717, 1.165) is 11.3 Å². The van der Waals surface area contributed by atoms with Gasteiger partial charge in [0.2, 0.25) is 15.9 Å². The van der Waals surface area contributed by atoms with Crippen molar-refractivity contribution in [3.05, 3.63) is 115 Å². The third-order valence-electron chi connectivity index (χ3n) is 7.37. The Morgan fingerprint density at radius 1 is 0.870 bits per heavy atom. The lowest BCUT2D eigenvalue weighted by molar-refractivity contribution is -0.115. The lowest BCUT2D eigenvalue weighted by Gasteiger charge is -2.19. The van der Waals surface area contributed by atoms with E-state index in [1.165, 1.54) is 16.1 Å². The molecule has 0 unspecified atom stereocenters. The molecule has 0 fully saturated rings. The molecule has 4 aromatic carbocycles. The van der Waals surface area contributed by atoms with Crippen LogP contribution in [0.5, 0.6) is 11.5 Å². The fourth-order valence-corrected chi connectivity index (χ4v) is 7.25. The van der Waals surface area contributed by atoms with Gasteiger partial charge in [-0.25, -0.2) is 8.42 Å². The van der Waals surface area contributed by atoms with Crippen molar-refractivity contribution < 1.29 is 17.9 Å². The fourth-order valence-electron chi connectivity index (χ4n) is 4.87. The fraction of sp³-hybridized carbons (Fsp3) is 0.229. The van der Waals surface area contributed by atoms with Crippen molar-refractivity contribution in [2.75, 3.05) is 18.4 Å². The number of sulfonamides is 1. The molecular weight excluding hydrogens is 619 g/mol. The minimum atomic E-state index is -3.66. The Labute approximate surface area is 274 Å². The molecule has 238 valence electrons. The standard InChI is InChI=1S/C35H37N5O4S2/c1-4-39(5-2)46(42,43)32-18-12-15-28(25-32)33-37-38-35(40(33)24-23-27-13-8-6-9-14-27)45-26(3)34(41)36-29-19-21-31(22-20-29)44-30-16-10-7-11-17-30/h6-22,25-26H,4-5,23-24H2,1-3H3,(H,36,41)/t26-/m0/s1. The van der Waals surface area contributed by atoms with Crippen LogP contribution in [0.3, 0.4) is 0 Å². The van der Waals surface area contributed by atoms with Crippen LogP contribution in [-0.4, -0.2) is 51.7 Å². The predicted molar refractivity (Wildman–Crippen MR) is 183 cm³/mol. The maximum atomic E-state index is 13.3. The Balaban J connectivity index is 1.35. The molecule has 0 saturated heterocycles. The van der Waals surface area contributed by atoms with Crippen LogP contribution in [0.1, 0.15) is 26.3 Å². The highest BCUT2D eigenvalue weighted by Gasteiger charge is 2.25. The lowest BCUT2D eigenvalue weighted by Crippen LogP contribution is -2.30. The number of para-hydroxylation sites is 1. The number of anilines is 1. The second-order valence-electron chi connectivity index (χ2n) is 10.5. The Bertz CT molecular complexity index is 1840. The molecule has 46 heavy (non-hydrogen) atoms. The predicted octanol–water partition coefficient (Wildman–Crippen LogP) is 7.13. The van der Waals surface area contributed by atoms with Crippen LogP contribution in [-0.2, 0) is 27.8 Å². The maximum Gasteiger partial charge on any atom is 0.243 e. The van der Waals surface area contributed by atoms with E-state index in [-0.39, 0.29) is 10.8 Å². The number of nitrogens with zero attached hydrogens (tertiary/aromatic N) is 4. The smallest absolute Gasteiger partial charge is 0.243 e. The summed E-state index contributed by atoms with van der Waals surface area (Å²) in [4.78, 5) is 13.4. The van der Waals surface area contributed by atoms with Crippen LogP contribution < -0.4 is 10.1 Å². The molecule has 1 N–H and O–H groups in total. The topological polar surface area (TPSA) is 106 Å². The first-order valence-corrected chi connectivity index (χ1v) is 17.5. The van der Waals surface area contributed by atoms with Crippen molar-refractivity contribution in [1.82, 2.24) is 19.1 Å². The normalized spacial score (nSPS) is 12.2. The van der Waals surface area contributed by atoms with Gasteiger partial charge in [-0.3, -0.25) is 4.79 Å². The molecule has 0 spiro atoms. The summed E-state index contributed by atoms with van der Waals surface area (Å²) in [6.07, 6.45) is 0.703. The molecule has 1 amide bonds. The van der Waals surface area contributed by atoms with E-state index in [4.69, 9.17) is 4.74 Å². The number of rotatable bonds is 14. The molecule has 1 atom stereocenters. The number of hydrogen-bond acceptors (Lipinski definition) is 7. The van der Waals surface area contributed by atoms with Crippen molar-refractivity contribution >= 4 is 33.4 Å². The molecule has 5 rings (SSSR count). The van der Waals surface area contributed by atoms with Crippen LogP contribution in [0.15, 0.2) is 119 Å². The molecule has 5 aromatic rings. The Morgan fingerprint density at radius 3 is 2.20 bits per heavy atom. The lowest BCUT2D eigenvalue weighted by atomic mass is 10.1. The molecule has 0 aliphatic heterocycles. The average Bonchev–Trinajstić information content (AvgIpc) is 3.48. The molecule has 11 heteroatoms. The number of carbonyl (C=O) groups is 1. The van der Waals surface area contributed by atoms with Crippen molar-refractivity contribution in [3.63, 3.8) is 0 Å². The van der Waals surface area contributed by atoms with Crippen LogP contribution in [0.25, 0.3) is 11.4 Å². The molecule has 0 bridgehead atoms. The number of thioether (sulfide) groups is 1. The van der Waals surface area contributed by atoms with E-state index in [1.54, 1.807) is 30.3 Å². The van der Waals surface area contributed by atoms with Gasteiger partial charge in [-0.05, 0) is 67.4 Å². The Hall–Kier alpha value is -4.45. The largest absolute Gasteiger partial charge is 0.457 e. The van der Waals surface area contributed by atoms with Gasteiger partial charge in [-0.15, -0.1) is 10.2 Å². The second kappa shape index (κ2) is 15.2. The minimum absolute atomic E-state index is 0.187. The van der Waals surface area contributed by atoms with E-state index in [2.05, 4.69) is 27.6 Å². The third-order valence-corrected chi connectivity index (χ3v) is 10.5. The van der Waals surface area contributed by atoms with E-state index < -0.39 is 15.3 Å². The Kier molecular flexibility index (Phi) is 10.9. The van der Waals surface area contributed by atoms with Gasteiger partial charge in [-0.1, -0.05) is 86.3 Å². The van der Waals surface area contributed by atoms with E-state index in [1.807, 2.05) is 92.1 Å². The van der Waals surface area contributed by atoms with Gasteiger partial charge in [0.15, 0.2) is 11.0 Å². The summed E-state index contributed by atoms with van der Waals surface area (Å²) in [6.45, 7) is 6.76. The molecule has 1 aromatic heterocycles. The highest BCUT2D eigenvalue weighted by atomic mass is 32.2. The van der Waals surface area contributed by atoms with Gasteiger partial charge in [-0.2, -0.15) is 4.31 Å². The molecular formula is C35H37N5O4S2. The highest BCUT2D eigenvalue weighted by molar-refractivity contribution is 8.00. The number of carbonyl (C=O) groups excluding carboxylic acids is 1. The van der Waals surface area contributed by atoms with E-state index >= 15 is 0 Å². The number of amides is 1. The van der Waals surface area contributed by atoms with Crippen molar-refractivity contribution in [2.45, 2.75) is 49.0 Å². The monoisotopic (exact) mass is 655 g/mol. The van der Waals surface area contributed by atoms with Crippen LogP contribution in [0, 0.1) is 0 Å². The van der Waals surface area contributed by atoms with Gasteiger partial charge in [0, 0.05) is 30.9 Å². The number of nitrogens with one attached hydrogen (secondary N) is 1. The molecule has 0 aliphatic rings. The number of ether oxygens (including phenoxy) is 1. The summed E-state index contributed by atoms with van der Waals surface area (Å²) in [5.74, 6) is 1.75. The Morgan fingerprint density at radius 2 is 1.52 bits per heavy atom. The van der Waals surface area contributed by atoms with Crippen LogP contribution in [0.2, 0.25) is 0 Å². The van der Waals surface area contributed by atoms with Crippen molar-refractivity contribution in [3.8, 4) is 22.9 Å². The molecule has 1 heterocycles. The summed E-state index contributed by atoms with van der Waals surface area (Å²) >= 11 is 1.30. The van der Waals surface area contributed by atoms with Crippen molar-refractivity contribution in [2.24, 2.45) is 0 Å². The third kappa shape index (κ3) is 8.03. The second-order valence-corrected chi connectivity index (χ2v) is 13.7. The molecule has 0 radical (unpaired) electrons. The van der Waals surface area contributed by atoms with Crippen LogP contribution >= 0.6 is 11.8 Å². The first-order chi connectivity index (χ1) is 22.3. The number of aryl methyl sites for hydroxylation is 1. The molecule has 0 saturated carbocycles. The van der Waals surface area contributed by atoms with Gasteiger partial charge in [0.1, 0.15) is 11.5 Å².